The van der Waals surface area contributed by atoms with Gasteiger partial charge >= 0.3 is 5.97 Å². The van der Waals surface area contributed by atoms with Crippen LogP contribution >= 0.6 is 0 Å². The monoisotopic (exact) mass is 344 g/mol. The fourth-order valence-corrected chi connectivity index (χ4v) is 2.97. The van der Waals surface area contributed by atoms with Crippen LogP contribution < -0.4 is 14.8 Å². The van der Waals surface area contributed by atoms with Crippen molar-refractivity contribution in [2.24, 2.45) is 0 Å². The predicted molar refractivity (Wildman–Crippen MR) is 90.7 cm³/mol. The molecule has 132 valence electrons. The molecule has 0 radical (unpaired) electrons. The number of methoxy groups -OCH3 is 3. The van der Waals surface area contributed by atoms with Crippen LogP contribution in [0.4, 0.5) is 5.95 Å². The van der Waals surface area contributed by atoms with Crippen LogP contribution in [0.2, 0.25) is 0 Å². The van der Waals surface area contributed by atoms with Gasteiger partial charge in [-0.05, 0) is 18.6 Å². The molecular formula is C17H20N4O4. The number of hydrogen-bond acceptors (Lipinski definition) is 7. The first-order valence-electron chi connectivity index (χ1n) is 7.84. The zero-order chi connectivity index (χ0) is 18.0. The van der Waals surface area contributed by atoms with Gasteiger partial charge in [0.15, 0.2) is 0 Å². The van der Waals surface area contributed by atoms with Gasteiger partial charge in [0.1, 0.15) is 23.9 Å². The third-order valence-electron chi connectivity index (χ3n) is 4.17. The van der Waals surface area contributed by atoms with Crippen molar-refractivity contribution >= 4 is 11.9 Å². The third-order valence-corrected chi connectivity index (χ3v) is 4.17. The number of nitrogens with one attached hydrogen (secondary N) is 1. The predicted octanol–water partition coefficient (Wildman–Crippen LogP) is 2.15. The topological polar surface area (TPSA) is 87.5 Å². The van der Waals surface area contributed by atoms with Crippen molar-refractivity contribution in [3.63, 3.8) is 0 Å². The van der Waals surface area contributed by atoms with E-state index >= 15 is 0 Å². The van der Waals surface area contributed by atoms with Crippen molar-refractivity contribution in [3.8, 4) is 11.5 Å². The molecule has 1 N–H and O–H groups in total. The lowest BCUT2D eigenvalue weighted by Crippen LogP contribution is -2.30. The number of carbonyl (C=O) groups excluding carboxylic acids is 1. The molecule has 1 aromatic carbocycles. The molecule has 0 saturated heterocycles. The molecule has 1 aliphatic rings. The second kappa shape index (κ2) is 6.84. The van der Waals surface area contributed by atoms with Gasteiger partial charge < -0.3 is 19.5 Å². The Bertz CT molecular complexity index is 828. The molecule has 3 rings (SSSR count). The Morgan fingerprint density at radius 2 is 2.08 bits per heavy atom. The number of carbonyl (C=O) groups is 1. The molecule has 0 unspecified atom stereocenters. The molecule has 0 amide bonds. The van der Waals surface area contributed by atoms with Gasteiger partial charge in [-0.15, -0.1) is 0 Å². The molecule has 8 nitrogen and oxygen atoms in total. The van der Waals surface area contributed by atoms with E-state index in [0.29, 0.717) is 29.4 Å². The number of esters is 1. The first kappa shape index (κ1) is 16.8. The Labute approximate surface area is 145 Å². The summed E-state index contributed by atoms with van der Waals surface area (Å²) in [6, 6.07) is 4.93. The SMILES string of the molecule is CCC1=C(C(=O)OC)[C@H](c2ccc(OC)cc2OC)n2ncnc2N1. The van der Waals surface area contributed by atoms with E-state index in [2.05, 4.69) is 15.4 Å². The summed E-state index contributed by atoms with van der Waals surface area (Å²) in [5.74, 6) is 1.39. The van der Waals surface area contributed by atoms with E-state index in [4.69, 9.17) is 14.2 Å². The van der Waals surface area contributed by atoms with Gasteiger partial charge in [-0.3, -0.25) is 0 Å². The number of rotatable bonds is 5. The molecule has 0 spiro atoms. The maximum Gasteiger partial charge on any atom is 0.338 e. The normalized spacial score (nSPS) is 16.1. The summed E-state index contributed by atoms with van der Waals surface area (Å²) in [5, 5.41) is 7.44. The van der Waals surface area contributed by atoms with E-state index in [1.54, 1.807) is 25.0 Å². The number of anilines is 1. The molecule has 1 aromatic heterocycles. The van der Waals surface area contributed by atoms with Crippen molar-refractivity contribution in [3.05, 3.63) is 41.4 Å². The van der Waals surface area contributed by atoms with Gasteiger partial charge in [-0.25, -0.2) is 9.48 Å². The minimum Gasteiger partial charge on any atom is -0.497 e. The summed E-state index contributed by atoms with van der Waals surface area (Å²) in [4.78, 5) is 16.8. The molecule has 2 aromatic rings. The molecule has 1 atom stereocenters. The van der Waals surface area contributed by atoms with E-state index in [1.165, 1.54) is 13.4 Å². The summed E-state index contributed by atoms with van der Waals surface area (Å²) in [6.45, 7) is 1.96. The average molecular weight is 344 g/mol. The molecule has 0 fully saturated rings. The first-order valence-corrected chi connectivity index (χ1v) is 7.84. The van der Waals surface area contributed by atoms with Gasteiger partial charge in [0.2, 0.25) is 5.95 Å². The lowest BCUT2D eigenvalue weighted by molar-refractivity contribution is -0.136. The molecule has 0 aliphatic carbocycles. The summed E-state index contributed by atoms with van der Waals surface area (Å²) < 4.78 is 17.5. The minimum atomic E-state index is -0.512. The van der Waals surface area contributed by atoms with Gasteiger partial charge in [0, 0.05) is 17.3 Å². The van der Waals surface area contributed by atoms with Crippen molar-refractivity contribution in [2.45, 2.75) is 19.4 Å². The second-order valence-corrected chi connectivity index (χ2v) is 5.40. The lowest BCUT2D eigenvalue weighted by atomic mass is 9.93. The maximum atomic E-state index is 12.5. The summed E-state index contributed by atoms with van der Waals surface area (Å²) >= 11 is 0. The quantitative estimate of drug-likeness (QED) is 0.832. The van der Waals surface area contributed by atoms with Crippen molar-refractivity contribution < 1.29 is 19.0 Å². The van der Waals surface area contributed by atoms with Gasteiger partial charge in [0.25, 0.3) is 0 Å². The molecular weight excluding hydrogens is 324 g/mol. The number of aromatic nitrogens is 3. The van der Waals surface area contributed by atoms with E-state index in [-0.39, 0.29) is 0 Å². The summed E-state index contributed by atoms with van der Waals surface area (Å²) in [7, 11) is 4.52. The van der Waals surface area contributed by atoms with Crippen molar-refractivity contribution in [2.75, 3.05) is 26.6 Å². The molecule has 0 bridgehead atoms. The number of benzene rings is 1. The van der Waals surface area contributed by atoms with Crippen LogP contribution in [0.5, 0.6) is 11.5 Å². The van der Waals surface area contributed by atoms with Crippen LogP contribution in [-0.4, -0.2) is 42.1 Å². The van der Waals surface area contributed by atoms with Gasteiger partial charge in [0.05, 0.1) is 26.9 Å². The Morgan fingerprint density at radius 1 is 1.28 bits per heavy atom. The van der Waals surface area contributed by atoms with E-state index in [0.717, 1.165) is 11.3 Å². The highest BCUT2D eigenvalue weighted by Gasteiger charge is 2.36. The number of fused-ring (bicyclic) bond motifs is 1. The second-order valence-electron chi connectivity index (χ2n) is 5.40. The van der Waals surface area contributed by atoms with Crippen LogP contribution in [0.1, 0.15) is 24.9 Å². The van der Waals surface area contributed by atoms with E-state index in [1.807, 2.05) is 19.1 Å². The Kier molecular flexibility index (Phi) is 4.60. The van der Waals surface area contributed by atoms with Crippen LogP contribution in [0.3, 0.4) is 0 Å². The first-order chi connectivity index (χ1) is 12.1. The van der Waals surface area contributed by atoms with Crippen molar-refractivity contribution in [1.82, 2.24) is 14.8 Å². The number of nitrogens with zero attached hydrogens (tertiary/aromatic N) is 3. The van der Waals surface area contributed by atoms with Gasteiger partial charge in [-0.2, -0.15) is 10.1 Å². The zero-order valence-electron chi connectivity index (χ0n) is 14.6. The standard InChI is InChI=1S/C17H20N4O4/c1-5-12-14(16(22)25-4)15(21-17(20-12)18-9-19-21)11-7-6-10(23-2)8-13(11)24-3/h6-9,15H,5H2,1-4H3,(H,18,19,20)/t15-/m0/s1. The third kappa shape index (κ3) is 2.79. The molecule has 2 heterocycles. The highest BCUT2D eigenvalue weighted by molar-refractivity contribution is 5.92. The van der Waals surface area contributed by atoms with E-state index in [9.17, 15) is 4.79 Å². The Hall–Kier alpha value is -3.03. The van der Waals surface area contributed by atoms with Crippen LogP contribution in [0.15, 0.2) is 35.8 Å². The number of hydrogen-bond donors (Lipinski definition) is 1. The van der Waals surface area contributed by atoms with Crippen LogP contribution in [-0.2, 0) is 9.53 Å². The number of allylic oxidation sites excluding steroid dienone is 1. The smallest absolute Gasteiger partial charge is 0.338 e. The van der Waals surface area contributed by atoms with Crippen molar-refractivity contribution in [1.29, 1.82) is 0 Å². The lowest BCUT2D eigenvalue weighted by Gasteiger charge is -2.29. The molecule has 0 saturated carbocycles. The number of ether oxygens (including phenoxy) is 3. The Morgan fingerprint density at radius 3 is 2.72 bits per heavy atom. The van der Waals surface area contributed by atoms with Crippen LogP contribution in [0.25, 0.3) is 0 Å². The Balaban J connectivity index is 2.24. The fourth-order valence-electron chi connectivity index (χ4n) is 2.97. The van der Waals surface area contributed by atoms with E-state index < -0.39 is 12.0 Å². The zero-order valence-corrected chi connectivity index (χ0v) is 14.6. The van der Waals surface area contributed by atoms with Gasteiger partial charge in [-0.1, -0.05) is 6.92 Å². The minimum absolute atomic E-state index is 0.423. The molecule has 8 heteroatoms. The highest BCUT2D eigenvalue weighted by Crippen LogP contribution is 2.40. The largest absolute Gasteiger partial charge is 0.497 e. The molecule has 25 heavy (non-hydrogen) atoms. The maximum absolute atomic E-state index is 12.5. The average Bonchev–Trinajstić information content (AvgIpc) is 3.13. The highest BCUT2D eigenvalue weighted by atomic mass is 16.5. The fraction of sp³-hybridized carbons (Fsp3) is 0.353. The molecule has 1 aliphatic heterocycles. The van der Waals surface area contributed by atoms with Crippen LogP contribution in [0, 0.1) is 0 Å². The summed E-state index contributed by atoms with van der Waals surface area (Å²) in [5.41, 5.74) is 1.99. The summed E-state index contributed by atoms with van der Waals surface area (Å²) in [6.07, 6.45) is 2.06.